The lowest BCUT2D eigenvalue weighted by Crippen LogP contribution is -2.06. The van der Waals surface area contributed by atoms with Crippen molar-refractivity contribution >= 4 is 11.7 Å². The van der Waals surface area contributed by atoms with E-state index in [9.17, 15) is 20.0 Å². The molecule has 2 rings (SSSR count). The van der Waals surface area contributed by atoms with E-state index in [4.69, 9.17) is 0 Å². The molecule has 0 saturated heterocycles. The fraction of sp³-hybridized carbons (Fsp3) is 0.286. The first-order valence-corrected chi connectivity index (χ1v) is 6.58. The summed E-state index contributed by atoms with van der Waals surface area (Å²) in [6, 6.07) is 6.00. The number of nitro benzene ring substituents is 1. The first-order chi connectivity index (χ1) is 9.99. The molecule has 0 radical (unpaired) electrons. The maximum atomic E-state index is 11.4. The summed E-state index contributed by atoms with van der Waals surface area (Å²) in [6.07, 6.45) is 0.952. The van der Waals surface area contributed by atoms with Crippen molar-refractivity contribution in [2.75, 3.05) is 0 Å². The third kappa shape index (κ3) is 2.62. The molecule has 21 heavy (non-hydrogen) atoms. The van der Waals surface area contributed by atoms with Crippen LogP contribution >= 0.6 is 0 Å². The van der Waals surface area contributed by atoms with Gasteiger partial charge in [-0.3, -0.25) is 10.1 Å². The zero-order valence-corrected chi connectivity index (χ0v) is 11.7. The number of carbonyl (C=O) groups is 1. The molecule has 110 valence electrons. The van der Waals surface area contributed by atoms with Crippen molar-refractivity contribution in [2.45, 2.75) is 26.7 Å². The molecular formula is C14H15N3O4. The van der Waals surface area contributed by atoms with E-state index >= 15 is 0 Å². The molecule has 0 aliphatic rings. The Labute approximate surface area is 121 Å². The van der Waals surface area contributed by atoms with Crippen molar-refractivity contribution in [3.05, 3.63) is 51.3 Å². The molecule has 1 heterocycles. The smallest absolute Gasteiger partial charge is 0.339 e. The summed E-state index contributed by atoms with van der Waals surface area (Å²) < 4.78 is 1.48. The van der Waals surface area contributed by atoms with E-state index < -0.39 is 10.9 Å². The Kier molecular flexibility index (Phi) is 4.02. The topological polar surface area (TPSA) is 98.3 Å². The Bertz CT molecular complexity index is 706. The van der Waals surface area contributed by atoms with E-state index in [-0.39, 0.29) is 11.3 Å². The van der Waals surface area contributed by atoms with Crippen LogP contribution in [0.2, 0.25) is 0 Å². The van der Waals surface area contributed by atoms with Gasteiger partial charge in [0.15, 0.2) is 0 Å². The van der Waals surface area contributed by atoms with Crippen LogP contribution in [0, 0.1) is 10.1 Å². The van der Waals surface area contributed by atoms with Crippen LogP contribution < -0.4 is 0 Å². The summed E-state index contributed by atoms with van der Waals surface area (Å²) >= 11 is 0. The molecule has 1 aromatic carbocycles. The van der Waals surface area contributed by atoms with Crippen molar-refractivity contribution in [3.8, 4) is 5.69 Å². The molecule has 2 aromatic rings. The van der Waals surface area contributed by atoms with Crippen molar-refractivity contribution in [2.24, 2.45) is 0 Å². The Hall–Kier alpha value is -2.70. The molecule has 0 amide bonds. The lowest BCUT2D eigenvalue weighted by atomic mass is 10.1. The van der Waals surface area contributed by atoms with Gasteiger partial charge in [-0.2, -0.15) is 5.10 Å². The number of aromatic carboxylic acids is 1. The Morgan fingerprint density at radius 2 is 2.10 bits per heavy atom. The molecule has 0 spiro atoms. The van der Waals surface area contributed by atoms with E-state index in [0.29, 0.717) is 29.9 Å². The third-order valence-corrected chi connectivity index (χ3v) is 3.22. The van der Waals surface area contributed by atoms with Gasteiger partial charge in [0, 0.05) is 12.1 Å². The summed E-state index contributed by atoms with van der Waals surface area (Å²) in [5.41, 5.74) is 1.64. The Morgan fingerprint density at radius 1 is 1.38 bits per heavy atom. The second kappa shape index (κ2) is 5.74. The molecule has 7 heteroatoms. The molecule has 0 saturated carbocycles. The van der Waals surface area contributed by atoms with Crippen molar-refractivity contribution in [1.82, 2.24) is 9.78 Å². The second-order valence-electron chi connectivity index (χ2n) is 4.47. The van der Waals surface area contributed by atoms with E-state index in [0.717, 1.165) is 0 Å². The van der Waals surface area contributed by atoms with Gasteiger partial charge in [-0.1, -0.05) is 19.9 Å². The standard InChI is InChI=1S/C14H15N3O4/c1-3-11-13(14(18)19)12(4-2)16(15-11)9-6-5-7-10(8-9)17(20)21/h5-8H,3-4H2,1-2H3,(H,18,19). The van der Waals surface area contributed by atoms with Crippen LogP contribution in [0.3, 0.4) is 0 Å². The number of nitrogens with zero attached hydrogens (tertiary/aromatic N) is 3. The monoisotopic (exact) mass is 289 g/mol. The summed E-state index contributed by atoms with van der Waals surface area (Å²) in [5, 5.41) is 24.5. The van der Waals surface area contributed by atoms with Gasteiger partial charge in [-0.25, -0.2) is 9.48 Å². The maximum Gasteiger partial charge on any atom is 0.339 e. The third-order valence-electron chi connectivity index (χ3n) is 3.22. The fourth-order valence-corrected chi connectivity index (χ4v) is 2.28. The number of carboxylic acid groups (broad SMARTS) is 1. The second-order valence-corrected chi connectivity index (χ2v) is 4.47. The maximum absolute atomic E-state index is 11.4. The number of aromatic nitrogens is 2. The average molecular weight is 289 g/mol. The van der Waals surface area contributed by atoms with E-state index in [1.165, 1.54) is 16.8 Å². The molecule has 1 aromatic heterocycles. The van der Waals surface area contributed by atoms with Crippen LogP contribution in [-0.4, -0.2) is 25.8 Å². The molecule has 0 atom stereocenters. The van der Waals surface area contributed by atoms with Crippen LogP contribution in [0.15, 0.2) is 24.3 Å². The Morgan fingerprint density at radius 3 is 2.62 bits per heavy atom. The molecule has 0 aliphatic carbocycles. The minimum Gasteiger partial charge on any atom is -0.478 e. The number of hydrogen-bond acceptors (Lipinski definition) is 4. The van der Waals surface area contributed by atoms with Gasteiger partial charge < -0.3 is 5.11 Å². The predicted octanol–water partition coefficient (Wildman–Crippen LogP) is 2.60. The van der Waals surface area contributed by atoms with Crippen molar-refractivity contribution in [3.63, 3.8) is 0 Å². The summed E-state index contributed by atoms with van der Waals surface area (Å²) in [5.74, 6) is -1.03. The number of hydrogen-bond donors (Lipinski definition) is 1. The van der Waals surface area contributed by atoms with Gasteiger partial charge in [0.05, 0.1) is 22.0 Å². The molecule has 0 unspecified atom stereocenters. The van der Waals surface area contributed by atoms with Crippen LogP contribution in [0.1, 0.15) is 35.6 Å². The zero-order chi connectivity index (χ0) is 15.6. The van der Waals surface area contributed by atoms with E-state index in [2.05, 4.69) is 5.10 Å². The molecule has 1 N–H and O–H groups in total. The minimum absolute atomic E-state index is 0.0556. The number of non-ortho nitro benzene ring substituents is 1. The number of carboxylic acids is 1. The van der Waals surface area contributed by atoms with Crippen LogP contribution in [0.5, 0.6) is 0 Å². The molecular weight excluding hydrogens is 274 g/mol. The quantitative estimate of drug-likeness (QED) is 0.673. The SMILES string of the molecule is CCc1nn(-c2cccc([N+](=O)[O-])c2)c(CC)c1C(=O)O. The number of nitro groups is 1. The first kappa shape index (κ1) is 14.7. The number of benzene rings is 1. The molecule has 0 fully saturated rings. The minimum atomic E-state index is -1.03. The van der Waals surface area contributed by atoms with Gasteiger partial charge >= 0.3 is 5.97 Å². The van der Waals surface area contributed by atoms with Gasteiger partial charge in [-0.05, 0) is 18.9 Å². The van der Waals surface area contributed by atoms with Gasteiger partial charge in [0.1, 0.15) is 5.56 Å². The molecule has 7 nitrogen and oxygen atoms in total. The van der Waals surface area contributed by atoms with E-state index in [1.54, 1.807) is 12.1 Å². The molecule has 0 bridgehead atoms. The highest BCUT2D eigenvalue weighted by Gasteiger charge is 2.22. The Balaban J connectivity index is 2.66. The van der Waals surface area contributed by atoms with Crippen LogP contribution in [0.4, 0.5) is 5.69 Å². The van der Waals surface area contributed by atoms with Crippen molar-refractivity contribution < 1.29 is 14.8 Å². The largest absolute Gasteiger partial charge is 0.478 e. The van der Waals surface area contributed by atoms with Crippen LogP contribution in [0.25, 0.3) is 5.69 Å². The lowest BCUT2D eigenvalue weighted by Gasteiger charge is -2.06. The fourth-order valence-electron chi connectivity index (χ4n) is 2.28. The summed E-state index contributed by atoms with van der Waals surface area (Å²) in [6.45, 7) is 3.66. The van der Waals surface area contributed by atoms with Crippen molar-refractivity contribution in [1.29, 1.82) is 0 Å². The predicted molar refractivity (Wildman–Crippen MR) is 75.9 cm³/mol. The highest BCUT2D eigenvalue weighted by molar-refractivity contribution is 5.90. The summed E-state index contributed by atoms with van der Waals surface area (Å²) in [4.78, 5) is 21.8. The number of aryl methyl sites for hydroxylation is 1. The number of rotatable bonds is 5. The lowest BCUT2D eigenvalue weighted by molar-refractivity contribution is -0.384. The normalized spacial score (nSPS) is 10.6. The highest BCUT2D eigenvalue weighted by Crippen LogP contribution is 2.23. The zero-order valence-electron chi connectivity index (χ0n) is 11.7. The van der Waals surface area contributed by atoms with Crippen LogP contribution in [-0.2, 0) is 12.8 Å². The van der Waals surface area contributed by atoms with Gasteiger partial charge in [0.25, 0.3) is 5.69 Å². The first-order valence-electron chi connectivity index (χ1n) is 6.58. The molecule has 0 aliphatic heterocycles. The van der Waals surface area contributed by atoms with Gasteiger partial charge in [-0.15, -0.1) is 0 Å². The average Bonchev–Trinajstić information content (AvgIpc) is 2.86. The van der Waals surface area contributed by atoms with Gasteiger partial charge in [0.2, 0.25) is 0 Å². The summed E-state index contributed by atoms with van der Waals surface area (Å²) in [7, 11) is 0. The van der Waals surface area contributed by atoms with E-state index in [1.807, 2.05) is 13.8 Å². The highest BCUT2D eigenvalue weighted by atomic mass is 16.6.